The Labute approximate surface area is 240 Å². The van der Waals surface area contributed by atoms with Gasteiger partial charge >= 0.3 is 0 Å². The summed E-state index contributed by atoms with van der Waals surface area (Å²) < 4.78 is 19.1. The van der Waals surface area contributed by atoms with Crippen molar-refractivity contribution in [2.75, 3.05) is 13.7 Å². The highest BCUT2D eigenvalue weighted by molar-refractivity contribution is 5.98. The molecule has 0 saturated carbocycles. The highest BCUT2D eigenvalue weighted by Gasteiger charge is 2.37. The molecule has 0 spiro atoms. The molecule has 0 aromatic heterocycles. The number of hydrogen-bond donors (Lipinski definition) is 0. The van der Waals surface area contributed by atoms with Gasteiger partial charge in [0.1, 0.15) is 17.6 Å². The number of halogens is 1. The quantitative estimate of drug-likeness (QED) is 0.247. The SMILES string of the molecule is COc1ccc(C2/C=C\CN(C(=O)c3ccc(C)cc3)[C@@H](Cc3ccccc3)C(=O)N2Cc2ccc(F)cc2)cc1. The van der Waals surface area contributed by atoms with Gasteiger partial charge in [-0.2, -0.15) is 0 Å². The maximum Gasteiger partial charge on any atom is 0.254 e. The Morgan fingerprint density at radius 3 is 2.22 bits per heavy atom. The lowest BCUT2D eigenvalue weighted by atomic mass is 9.96. The van der Waals surface area contributed by atoms with Crippen LogP contribution in [0.1, 0.15) is 38.7 Å². The van der Waals surface area contributed by atoms with Gasteiger partial charge in [-0.15, -0.1) is 0 Å². The number of aryl methyl sites for hydroxylation is 1. The summed E-state index contributed by atoms with van der Waals surface area (Å²) >= 11 is 0. The molecule has 0 bridgehead atoms. The highest BCUT2D eigenvalue weighted by Crippen LogP contribution is 2.30. The zero-order valence-electron chi connectivity index (χ0n) is 23.2. The predicted molar refractivity (Wildman–Crippen MR) is 158 cm³/mol. The molecule has 4 aromatic rings. The third-order valence-electron chi connectivity index (χ3n) is 7.46. The van der Waals surface area contributed by atoms with Crippen molar-refractivity contribution in [3.63, 3.8) is 0 Å². The molecule has 6 heteroatoms. The lowest BCUT2D eigenvalue weighted by Gasteiger charge is -2.39. The molecular weight excluding hydrogens is 515 g/mol. The number of hydrogen-bond acceptors (Lipinski definition) is 3. The first kappa shape index (κ1) is 27.8. The van der Waals surface area contributed by atoms with E-state index in [1.165, 1.54) is 12.1 Å². The first-order chi connectivity index (χ1) is 19.9. The van der Waals surface area contributed by atoms with Crippen molar-refractivity contribution in [1.29, 1.82) is 0 Å². The second kappa shape index (κ2) is 12.6. The van der Waals surface area contributed by atoms with Gasteiger partial charge in [-0.1, -0.05) is 84.4 Å². The van der Waals surface area contributed by atoms with Gasteiger partial charge in [-0.05, 0) is 60.0 Å². The standard InChI is InChI=1S/C35H33FN2O3/c1-25-10-14-29(15-11-25)34(39)37-22-6-9-32(28-16-20-31(41-2)21-17-28)38(24-27-12-18-30(36)19-13-27)35(40)33(37)23-26-7-4-3-5-8-26/h3-21,32-33H,22-24H2,1-2H3/b9-6-/t32?,33-/m0/s1. The molecular formula is C35H33FN2O3. The van der Waals surface area contributed by atoms with Crippen molar-refractivity contribution in [1.82, 2.24) is 9.80 Å². The second-order valence-corrected chi connectivity index (χ2v) is 10.3. The molecule has 1 heterocycles. The normalized spacial score (nSPS) is 18.0. The van der Waals surface area contributed by atoms with E-state index in [9.17, 15) is 14.0 Å². The minimum atomic E-state index is -0.752. The Bertz CT molecular complexity index is 1500. The molecule has 0 N–H and O–H groups in total. The Hall–Kier alpha value is -4.71. The smallest absolute Gasteiger partial charge is 0.254 e. The Morgan fingerprint density at radius 1 is 0.878 bits per heavy atom. The van der Waals surface area contributed by atoms with Crippen LogP contribution in [0.3, 0.4) is 0 Å². The number of carbonyl (C=O) groups excluding carboxylic acids is 2. The summed E-state index contributed by atoms with van der Waals surface area (Å²) in [5.41, 5.74) is 4.25. The van der Waals surface area contributed by atoms with Gasteiger partial charge in [0, 0.05) is 25.1 Å². The van der Waals surface area contributed by atoms with Crippen LogP contribution in [0.25, 0.3) is 0 Å². The first-order valence-electron chi connectivity index (χ1n) is 13.7. The maximum atomic E-state index is 14.7. The molecule has 1 aliphatic heterocycles. The summed E-state index contributed by atoms with van der Waals surface area (Å²) in [5, 5.41) is 0. The fourth-order valence-corrected chi connectivity index (χ4v) is 5.17. The maximum absolute atomic E-state index is 14.7. The van der Waals surface area contributed by atoms with Gasteiger partial charge in [0.15, 0.2) is 0 Å². The molecule has 41 heavy (non-hydrogen) atoms. The fourth-order valence-electron chi connectivity index (χ4n) is 5.17. The zero-order chi connectivity index (χ0) is 28.8. The molecule has 208 valence electrons. The Balaban J connectivity index is 1.59. The molecule has 5 rings (SSSR count). The molecule has 4 aromatic carbocycles. The lowest BCUT2D eigenvalue weighted by molar-refractivity contribution is -0.138. The van der Waals surface area contributed by atoms with Crippen molar-refractivity contribution in [2.45, 2.75) is 32.0 Å². The average Bonchev–Trinajstić information content (AvgIpc) is 3.00. The van der Waals surface area contributed by atoms with Gasteiger partial charge in [-0.25, -0.2) is 4.39 Å². The Morgan fingerprint density at radius 2 is 1.56 bits per heavy atom. The van der Waals surface area contributed by atoms with Crippen LogP contribution in [0.2, 0.25) is 0 Å². The summed E-state index contributed by atoms with van der Waals surface area (Å²) in [6.45, 7) is 2.51. The summed E-state index contributed by atoms with van der Waals surface area (Å²) in [6, 6.07) is 29.8. The summed E-state index contributed by atoms with van der Waals surface area (Å²) in [5.74, 6) is 0.00495. The third-order valence-corrected chi connectivity index (χ3v) is 7.46. The largest absolute Gasteiger partial charge is 0.497 e. The number of carbonyl (C=O) groups is 2. The monoisotopic (exact) mass is 548 g/mol. The molecule has 0 fully saturated rings. The van der Waals surface area contributed by atoms with Gasteiger partial charge in [-0.3, -0.25) is 9.59 Å². The predicted octanol–water partition coefficient (Wildman–Crippen LogP) is 6.54. The van der Waals surface area contributed by atoms with E-state index in [1.807, 2.05) is 85.8 Å². The number of rotatable bonds is 7. The van der Waals surface area contributed by atoms with E-state index >= 15 is 0 Å². The molecule has 1 aliphatic rings. The van der Waals surface area contributed by atoms with Crippen molar-refractivity contribution in [3.8, 4) is 5.75 Å². The van der Waals surface area contributed by atoms with Crippen LogP contribution in [0, 0.1) is 12.7 Å². The fraction of sp³-hybridized carbons (Fsp3) is 0.200. The van der Waals surface area contributed by atoms with Crippen LogP contribution in [0.4, 0.5) is 4.39 Å². The Kier molecular flexibility index (Phi) is 8.59. The third kappa shape index (κ3) is 6.55. The summed E-state index contributed by atoms with van der Waals surface area (Å²) in [7, 11) is 1.61. The summed E-state index contributed by atoms with van der Waals surface area (Å²) in [4.78, 5) is 32.0. The van der Waals surface area contributed by atoms with E-state index < -0.39 is 12.1 Å². The summed E-state index contributed by atoms with van der Waals surface area (Å²) in [6.07, 6.45) is 4.29. The molecule has 0 radical (unpaired) electrons. The van der Waals surface area contributed by atoms with Crippen LogP contribution in [0.15, 0.2) is 115 Å². The number of nitrogens with zero attached hydrogens (tertiary/aromatic N) is 2. The topological polar surface area (TPSA) is 49.9 Å². The van der Waals surface area contributed by atoms with Crippen molar-refractivity contribution >= 4 is 11.8 Å². The highest BCUT2D eigenvalue weighted by atomic mass is 19.1. The van der Waals surface area contributed by atoms with Crippen LogP contribution in [0.5, 0.6) is 5.75 Å². The average molecular weight is 549 g/mol. The van der Waals surface area contributed by atoms with Crippen LogP contribution in [-0.4, -0.2) is 41.3 Å². The van der Waals surface area contributed by atoms with E-state index in [-0.39, 0.29) is 30.7 Å². The molecule has 0 saturated heterocycles. The second-order valence-electron chi connectivity index (χ2n) is 10.3. The van der Waals surface area contributed by atoms with Gasteiger partial charge < -0.3 is 14.5 Å². The number of methoxy groups -OCH3 is 1. The molecule has 2 atom stereocenters. The van der Waals surface area contributed by atoms with Gasteiger partial charge in [0.2, 0.25) is 5.91 Å². The van der Waals surface area contributed by atoms with Crippen molar-refractivity contribution < 1.29 is 18.7 Å². The first-order valence-corrected chi connectivity index (χ1v) is 13.7. The van der Waals surface area contributed by atoms with Crippen LogP contribution in [-0.2, 0) is 17.8 Å². The van der Waals surface area contributed by atoms with E-state index in [0.717, 1.165) is 28.0 Å². The number of amides is 2. The van der Waals surface area contributed by atoms with Crippen LogP contribution < -0.4 is 4.74 Å². The molecule has 5 nitrogen and oxygen atoms in total. The number of benzene rings is 4. The van der Waals surface area contributed by atoms with E-state index in [2.05, 4.69) is 0 Å². The van der Waals surface area contributed by atoms with E-state index in [4.69, 9.17) is 4.74 Å². The van der Waals surface area contributed by atoms with Crippen molar-refractivity contribution in [3.05, 3.63) is 149 Å². The van der Waals surface area contributed by atoms with Crippen LogP contribution >= 0.6 is 0 Å². The van der Waals surface area contributed by atoms with Gasteiger partial charge in [0.25, 0.3) is 5.91 Å². The molecule has 2 amide bonds. The molecule has 1 unspecified atom stereocenters. The number of ether oxygens (including phenoxy) is 1. The van der Waals surface area contributed by atoms with Gasteiger partial charge in [0.05, 0.1) is 13.2 Å². The van der Waals surface area contributed by atoms with Crippen molar-refractivity contribution in [2.24, 2.45) is 0 Å². The van der Waals surface area contributed by atoms with E-state index in [1.54, 1.807) is 41.2 Å². The molecule has 0 aliphatic carbocycles. The minimum Gasteiger partial charge on any atom is -0.497 e. The lowest BCUT2D eigenvalue weighted by Crippen LogP contribution is -2.53. The van der Waals surface area contributed by atoms with E-state index in [0.29, 0.717) is 12.0 Å². The zero-order valence-corrected chi connectivity index (χ0v) is 23.2. The minimum absolute atomic E-state index is 0.177.